The molecule has 1 aromatic rings. The molecule has 0 aromatic heterocycles. The molecule has 1 aromatic carbocycles. The van der Waals surface area contributed by atoms with Gasteiger partial charge < -0.3 is 15.7 Å². The van der Waals surface area contributed by atoms with Crippen LogP contribution in [0.25, 0.3) is 0 Å². The van der Waals surface area contributed by atoms with Gasteiger partial charge in [0.2, 0.25) is 0 Å². The van der Waals surface area contributed by atoms with Crippen LogP contribution in [0.15, 0.2) is 12.1 Å². The quantitative estimate of drug-likeness (QED) is 0.753. The van der Waals surface area contributed by atoms with Gasteiger partial charge >= 0.3 is 12.0 Å². The van der Waals surface area contributed by atoms with E-state index in [1.54, 1.807) is 11.8 Å². The third kappa shape index (κ3) is 5.22. The Labute approximate surface area is 125 Å². The van der Waals surface area contributed by atoms with E-state index in [1.807, 2.05) is 13.2 Å². The maximum Gasteiger partial charge on any atom is 0.337 e. The number of rotatable bonds is 6. The number of hydrogen-bond donors (Lipinski definition) is 3. The summed E-state index contributed by atoms with van der Waals surface area (Å²) >= 11 is 1.65. The van der Waals surface area contributed by atoms with Crippen LogP contribution in [0.4, 0.5) is 19.3 Å². The van der Waals surface area contributed by atoms with E-state index in [4.69, 9.17) is 5.11 Å². The summed E-state index contributed by atoms with van der Waals surface area (Å²) in [7, 11) is 0. The molecule has 3 N–H and O–H groups in total. The molecule has 116 valence electrons. The van der Waals surface area contributed by atoms with Crippen LogP contribution < -0.4 is 10.6 Å². The number of aromatic carboxylic acids is 1. The molecule has 0 saturated heterocycles. The molecule has 0 fully saturated rings. The van der Waals surface area contributed by atoms with Crippen molar-refractivity contribution in [1.82, 2.24) is 5.32 Å². The normalized spacial score (nSPS) is 11.8. The van der Waals surface area contributed by atoms with Crippen LogP contribution in [0, 0.1) is 11.6 Å². The second-order valence-corrected chi connectivity index (χ2v) is 5.61. The number of benzene rings is 1. The number of urea groups is 1. The van der Waals surface area contributed by atoms with E-state index < -0.39 is 29.2 Å². The zero-order valence-corrected chi connectivity index (χ0v) is 12.4. The van der Waals surface area contributed by atoms with Gasteiger partial charge in [0, 0.05) is 17.9 Å². The van der Waals surface area contributed by atoms with Crippen molar-refractivity contribution in [3.63, 3.8) is 0 Å². The highest BCUT2D eigenvalue weighted by Gasteiger charge is 2.17. The van der Waals surface area contributed by atoms with Gasteiger partial charge in [0.1, 0.15) is 0 Å². The van der Waals surface area contributed by atoms with Crippen LogP contribution in [0.5, 0.6) is 0 Å². The second kappa shape index (κ2) is 7.82. The highest BCUT2D eigenvalue weighted by atomic mass is 32.2. The van der Waals surface area contributed by atoms with Gasteiger partial charge in [-0.2, -0.15) is 11.8 Å². The van der Waals surface area contributed by atoms with E-state index >= 15 is 0 Å². The molecule has 0 aliphatic rings. The van der Waals surface area contributed by atoms with Gasteiger partial charge in [-0.1, -0.05) is 6.92 Å². The van der Waals surface area contributed by atoms with Crippen molar-refractivity contribution in [2.75, 3.05) is 18.1 Å². The molecule has 8 heteroatoms. The molecule has 0 spiro atoms. The maximum atomic E-state index is 13.1. The first kappa shape index (κ1) is 17.2. The zero-order valence-electron chi connectivity index (χ0n) is 11.6. The minimum Gasteiger partial charge on any atom is -0.478 e. The first-order valence-corrected chi connectivity index (χ1v) is 7.44. The van der Waals surface area contributed by atoms with Crippen LogP contribution in [0.3, 0.4) is 0 Å². The number of hydrogen-bond acceptors (Lipinski definition) is 3. The van der Waals surface area contributed by atoms with Crippen LogP contribution in [0.2, 0.25) is 0 Å². The lowest BCUT2D eigenvalue weighted by molar-refractivity contribution is 0.0697. The van der Waals surface area contributed by atoms with Crippen molar-refractivity contribution in [3.8, 4) is 0 Å². The number of nitrogens with one attached hydrogen (secondary N) is 2. The number of amides is 2. The van der Waals surface area contributed by atoms with Gasteiger partial charge in [-0.25, -0.2) is 18.4 Å². The van der Waals surface area contributed by atoms with Crippen LogP contribution in [-0.4, -0.2) is 35.2 Å². The van der Waals surface area contributed by atoms with E-state index in [1.165, 1.54) is 0 Å². The van der Waals surface area contributed by atoms with Crippen LogP contribution in [-0.2, 0) is 0 Å². The van der Waals surface area contributed by atoms with Crippen molar-refractivity contribution in [2.24, 2.45) is 0 Å². The Morgan fingerprint density at radius 1 is 1.33 bits per heavy atom. The number of carbonyl (C=O) groups is 2. The molecule has 1 atom stereocenters. The van der Waals surface area contributed by atoms with E-state index in [0.29, 0.717) is 23.9 Å². The third-order valence-corrected chi connectivity index (χ3v) is 3.82. The molecule has 0 aliphatic carbocycles. The van der Waals surface area contributed by atoms with E-state index in [2.05, 4.69) is 10.6 Å². The molecule has 1 rings (SSSR count). The zero-order chi connectivity index (χ0) is 16.0. The average Bonchev–Trinajstić information content (AvgIpc) is 2.42. The monoisotopic (exact) mass is 318 g/mol. The van der Waals surface area contributed by atoms with Crippen molar-refractivity contribution < 1.29 is 23.5 Å². The summed E-state index contributed by atoms with van der Waals surface area (Å²) < 4.78 is 26.2. The van der Waals surface area contributed by atoms with Crippen molar-refractivity contribution in [3.05, 3.63) is 29.3 Å². The van der Waals surface area contributed by atoms with Gasteiger partial charge in [0.05, 0.1) is 11.3 Å². The number of carbonyl (C=O) groups excluding carboxylic acids is 1. The number of anilines is 1. The lowest BCUT2D eigenvalue weighted by Crippen LogP contribution is -2.31. The fourth-order valence-corrected chi connectivity index (χ4v) is 1.85. The molecule has 0 aliphatic heterocycles. The molecule has 2 amide bonds. The van der Waals surface area contributed by atoms with Crippen molar-refractivity contribution >= 4 is 29.4 Å². The van der Waals surface area contributed by atoms with E-state index in [-0.39, 0.29) is 5.69 Å². The smallest absolute Gasteiger partial charge is 0.337 e. The lowest BCUT2D eigenvalue weighted by Gasteiger charge is -2.12. The third-order valence-electron chi connectivity index (χ3n) is 2.78. The van der Waals surface area contributed by atoms with Crippen LogP contribution in [0.1, 0.15) is 23.7 Å². The Kier molecular flexibility index (Phi) is 6.41. The SMILES string of the molecule is CSC(C)CCNC(=O)Nc1cc(F)c(F)cc1C(=O)O. The average molecular weight is 318 g/mol. The number of carboxylic acids is 1. The molecule has 1 unspecified atom stereocenters. The molecule has 0 heterocycles. The van der Waals surface area contributed by atoms with E-state index in [0.717, 1.165) is 6.42 Å². The molecule has 5 nitrogen and oxygen atoms in total. The highest BCUT2D eigenvalue weighted by molar-refractivity contribution is 7.99. The molecular weight excluding hydrogens is 302 g/mol. The highest BCUT2D eigenvalue weighted by Crippen LogP contribution is 2.20. The van der Waals surface area contributed by atoms with Gasteiger partial charge in [-0.3, -0.25) is 0 Å². The van der Waals surface area contributed by atoms with Gasteiger partial charge in [0.15, 0.2) is 11.6 Å². The number of carboxylic acid groups (broad SMARTS) is 1. The molecule has 0 radical (unpaired) electrons. The lowest BCUT2D eigenvalue weighted by atomic mass is 10.1. The second-order valence-electron chi connectivity index (χ2n) is 4.33. The van der Waals surface area contributed by atoms with E-state index in [9.17, 15) is 18.4 Å². The Balaban J connectivity index is 2.71. The summed E-state index contributed by atoms with van der Waals surface area (Å²) in [6.45, 7) is 2.39. The van der Waals surface area contributed by atoms with Gasteiger partial charge in [-0.05, 0) is 18.7 Å². The summed E-state index contributed by atoms with van der Waals surface area (Å²) in [4.78, 5) is 22.6. The molecule has 21 heavy (non-hydrogen) atoms. The van der Waals surface area contributed by atoms with Gasteiger partial charge in [-0.15, -0.1) is 0 Å². The fourth-order valence-electron chi connectivity index (χ4n) is 1.50. The summed E-state index contributed by atoms with van der Waals surface area (Å²) in [5.74, 6) is -3.97. The minimum absolute atomic E-state index is 0.295. The first-order valence-electron chi connectivity index (χ1n) is 6.15. The molecule has 0 bridgehead atoms. The Bertz CT molecular complexity index is 540. The Hall–Kier alpha value is -1.83. The minimum atomic E-state index is -1.46. The summed E-state index contributed by atoms with van der Waals surface area (Å²) in [6.07, 6.45) is 2.68. The molecular formula is C13H16F2N2O3S. The summed E-state index contributed by atoms with van der Waals surface area (Å²) in [5.41, 5.74) is -0.807. The van der Waals surface area contributed by atoms with Crippen molar-refractivity contribution in [2.45, 2.75) is 18.6 Å². The standard InChI is InChI=1S/C13H16F2N2O3S/c1-7(21-2)3-4-16-13(20)17-11-6-10(15)9(14)5-8(11)12(18)19/h5-7H,3-4H2,1-2H3,(H,18,19)(H2,16,17,20). The van der Waals surface area contributed by atoms with Crippen molar-refractivity contribution in [1.29, 1.82) is 0 Å². The Morgan fingerprint density at radius 2 is 1.95 bits per heavy atom. The molecule has 0 saturated carbocycles. The largest absolute Gasteiger partial charge is 0.478 e. The topological polar surface area (TPSA) is 78.4 Å². The predicted molar refractivity (Wildman–Crippen MR) is 77.9 cm³/mol. The fraction of sp³-hybridized carbons (Fsp3) is 0.385. The predicted octanol–water partition coefficient (Wildman–Crippen LogP) is 2.93. The Morgan fingerprint density at radius 3 is 2.52 bits per heavy atom. The first-order chi connectivity index (χ1) is 9.85. The van der Waals surface area contributed by atoms with Gasteiger partial charge in [0.25, 0.3) is 0 Å². The van der Waals surface area contributed by atoms with Crippen LogP contribution >= 0.6 is 11.8 Å². The summed E-state index contributed by atoms with van der Waals surface area (Å²) in [6, 6.07) is 0.503. The summed E-state index contributed by atoms with van der Waals surface area (Å²) in [5, 5.41) is 14.0. The number of halogens is 2. The number of thioether (sulfide) groups is 1. The maximum absolute atomic E-state index is 13.1.